The van der Waals surface area contributed by atoms with Crippen LogP contribution < -0.4 is 0 Å². The van der Waals surface area contributed by atoms with E-state index in [-0.39, 0.29) is 23.5 Å². The normalized spacial score (nSPS) is 49.2. The van der Waals surface area contributed by atoms with Crippen LogP contribution in [0.1, 0.15) is 52.4 Å². The summed E-state index contributed by atoms with van der Waals surface area (Å²) in [7, 11) is 0. The molecule has 0 saturated heterocycles. The van der Waals surface area contributed by atoms with E-state index in [1.54, 1.807) is 12.2 Å². The van der Waals surface area contributed by atoms with Gasteiger partial charge in [0.2, 0.25) is 0 Å². The lowest BCUT2D eigenvalue weighted by molar-refractivity contribution is -0.147. The fourth-order valence-electron chi connectivity index (χ4n) is 6.13. The van der Waals surface area contributed by atoms with Gasteiger partial charge < -0.3 is 0 Å². The first-order valence-corrected chi connectivity index (χ1v) is 8.60. The monoisotopic (exact) mass is 306 g/mol. The van der Waals surface area contributed by atoms with E-state index in [9.17, 15) is 13.6 Å². The molecule has 0 aliphatic heterocycles. The molecule has 0 amide bonds. The number of ketones is 1. The number of hydrogen-bond acceptors (Lipinski definition) is 1. The SMILES string of the molecule is CC12C=CC(=O)C=C1CCC1C2CCC2(C)C1CCC2(F)F. The van der Waals surface area contributed by atoms with Crippen LogP contribution in [0, 0.1) is 28.6 Å². The van der Waals surface area contributed by atoms with Crippen molar-refractivity contribution in [3.8, 4) is 0 Å². The highest BCUT2D eigenvalue weighted by Crippen LogP contribution is 2.68. The molecule has 0 aromatic carbocycles. The molecule has 4 aliphatic carbocycles. The zero-order chi connectivity index (χ0) is 15.8. The van der Waals surface area contributed by atoms with Gasteiger partial charge in [-0.15, -0.1) is 0 Å². The largest absolute Gasteiger partial charge is 0.290 e. The summed E-state index contributed by atoms with van der Waals surface area (Å²) >= 11 is 0. The van der Waals surface area contributed by atoms with Crippen molar-refractivity contribution in [2.24, 2.45) is 28.6 Å². The topological polar surface area (TPSA) is 17.1 Å². The van der Waals surface area contributed by atoms with Crippen LogP contribution in [0.3, 0.4) is 0 Å². The lowest BCUT2D eigenvalue weighted by Crippen LogP contribution is -2.51. The Morgan fingerprint density at radius 3 is 2.59 bits per heavy atom. The van der Waals surface area contributed by atoms with Crippen LogP contribution in [-0.2, 0) is 4.79 Å². The number of fused-ring (bicyclic) bond motifs is 5. The van der Waals surface area contributed by atoms with E-state index in [2.05, 4.69) is 13.0 Å². The van der Waals surface area contributed by atoms with Gasteiger partial charge in [0.05, 0.1) is 0 Å². The molecule has 5 unspecified atom stereocenters. The van der Waals surface area contributed by atoms with E-state index in [1.807, 2.05) is 6.92 Å². The second kappa shape index (κ2) is 4.30. The van der Waals surface area contributed by atoms with Crippen molar-refractivity contribution in [1.82, 2.24) is 0 Å². The maximum Gasteiger partial charge on any atom is 0.253 e. The predicted octanol–water partition coefficient (Wildman–Crippen LogP) is 4.93. The third-order valence-corrected chi connectivity index (χ3v) is 7.55. The van der Waals surface area contributed by atoms with Crippen LogP contribution in [0.15, 0.2) is 23.8 Å². The van der Waals surface area contributed by atoms with Crippen molar-refractivity contribution >= 4 is 5.78 Å². The lowest BCUT2D eigenvalue weighted by atomic mass is 9.48. The smallest absolute Gasteiger partial charge is 0.253 e. The van der Waals surface area contributed by atoms with Crippen LogP contribution >= 0.6 is 0 Å². The molecule has 4 rings (SSSR count). The van der Waals surface area contributed by atoms with Gasteiger partial charge in [-0.1, -0.05) is 25.5 Å². The Balaban J connectivity index is 1.71. The highest BCUT2D eigenvalue weighted by molar-refractivity contribution is 6.01. The van der Waals surface area contributed by atoms with Gasteiger partial charge in [-0.2, -0.15) is 0 Å². The number of rotatable bonds is 0. The second-order valence-electron chi connectivity index (χ2n) is 8.30. The van der Waals surface area contributed by atoms with Crippen molar-refractivity contribution in [2.75, 3.05) is 0 Å². The first kappa shape index (κ1) is 14.6. The second-order valence-corrected chi connectivity index (χ2v) is 8.30. The summed E-state index contributed by atoms with van der Waals surface area (Å²) in [6.45, 7) is 4.04. The number of hydrogen-bond donors (Lipinski definition) is 0. The number of allylic oxidation sites excluding steroid dienone is 4. The number of carbonyl (C=O) groups is 1. The van der Waals surface area contributed by atoms with E-state index in [0.717, 1.165) is 19.3 Å². The molecule has 120 valence electrons. The van der Waals surface area contributed by atoms with Crippen molar-refractivity contribution in [1.29, 1.82) is 0 Å². The summed E-state index contributed by atoms with van der Waals surface area (Å²) < 4.78 is 28.9. The molecule has 3 fully saturated rings. The van der Waals surface area contributed by atoms with Crippen molar-refractivity contribution in [3.63, 3.8) is 0 Å². The van der Waals surface area contributed by atoms with Gasteiger partial charge in [-0.3, -0.25) is 4.79 Å². The van der Waals surface area contributed by atoms with Gasteiger partial charge in [0, 0.05) is 17.3 Å². The fourth-order valence-corrected chi connectivity index (χ4v) is 6.13. The van der Waals surface area contributed by atoms with Crippen LogP contribution in [0.5, 0.6) is 0 Å². The van der Waals surface area contributed by atoms with Gasteiger partial charge in [0.1, 0.15) is 0 Å². The van der Waals surface area contributed by atoms with Crippen LogP contribution in [0.2, 0.25) is 0 Å². The molecule has 0 aromatic heterocycles. The van der Waals surface area contributed by atoms with Gasteiger partial charge in [-0.25, -0.2) is 8.78 Å². The molecular weight excluding hydrogens is 282 g/mol. The van der Waals surface area contributed by atoms with Gasteiger partial charge >= 0.3 is 0 Å². The Labute approximate surface area is 130 Å². The first-order chi connectivity index (χ1) is 10.3. The first-order valence-electron chi connectivity index (χ1n) is 8.60. The summed E-state index contributed by atoms with van der Waals surface area (Å²) in [5.74, 6) is -1.47. The minimum Gasteiger partial charge on any atom is -0.290 e. The average molecular weight is 306 g/mol. The fraction of sp³-hybridized carbons (Fsp3) is 0.737. The third-order valence-electron chi connectivity index (χ3n) is 7.55. The van der Waals surface area contributed by atoms with E-state index in [1.165, 1.54) is 5.57 Å². The van der Waals surface area contributed by atoms with Crippen molar-refractivity contribution in [3.05, 3.63) is 23.8 Å². The van der Waals surface area contributed by atoms with Crippen LogP contribution in [0.25, 0.3) is 0 Å². The Bertz CT molecular complexity index is 590. The van der Waals surface area contributed by atoms with E-state index >= 15 is 0 Å². The summed E-state index contributed by atoms with van der Waals surface area (Å²) in [6, 6.07) is 0. The maximum atomic E-state index is 14.4. The Morgan fingerprint density at radius 1 is 1.09 bits per heavy atom. The molecule has 0 spiro atoms. The number of halogens is 2. The van der Waals surface area contributed by atoms with Crippen molar-refractivity contribution < 1.29 is 13.6 Å². The highest BCUT2D eigenvalue weighted by atomic mass is 19.3. The minimum atomic E-state index is -2.50. The highest BCUT2D eigenvalue weighted by Gasteiger charge is 2.65. The zero-order valence-electron chi connectivity index (χ0n) is 13.4. The molecule has 0 bridgehead atoms. The number of carbonyl (C=O) groups excluding carboxylic acids is 1. The summed E-state index contributed by atoms with van der Waals surface area (Å²) in [5.41, 5.74) is 0.338. The molecule has 4 aliphatic rings. The van der Waals surface area contributed by atoms with E-state index in [0.29, 0.717) is 24.7 Å². The Hall–Kier alpha value is -0.990. The third kappa shape index (κ3) is 1.66. The molecule has 1 nitrogen and oxygen atoms in total. The van der Waals surface area contributed by atoms with Crippen LogP contribution in [-0.4, -0.2) is 11.7 Å². The molecule has 22 heavy (non-hydrogen) atoms. The minimum absolute atomic E-state index is 0.0606. The molecule has 0 aromatic rings. The lowest BCUT2D eigenvalue weighted by Gasteiger charge is -2.56. The molecular formula is C19H24F2O. The quantitative estimate of drug-likeness (QED) is 0.620. The summed E-state index contributed by atoms with van der Waals surface area (Å²) in [5, 5.41) is 0. The molecule has 0 heterocycles. The van der Waals surface area contributed by atoms with Gasteiger partial charge in [-0.05, 0) is 62.0 Å². The standard InChI is InChI=1S/C19H24F2O/c1-17-8-5-13(22)11-12(17)3-4-14-15(17)6-9-18(2)16(14)7-10-19(18,20)21/h5,8,11,14-16H,3-4,6-7,9-10H2,1-2H3. The van der Waals surface area contributed by atoms with E-state index < -0.39 is 11.3 Å². The molecule has 5 atom stereocenters. The maximum absolute atomic E-state index is 14.4. The number of alkyl halides is 2. The molecule has 0 N–H and O–H groups in total. The Kier molecular flexibility index (Phi) is 2.85. The van der Waals surface area contributed by atoms with Crippen LogP contribution in [0.4, 0.5) is 8.78 Å². The molecule has 3 saturated carbocycles. The van der Waals surface area contributed by atoms with E-state index in [4.69, 9.17) is 0 Å². The zero-order valence-corrected chi connectivity index (χ0v) is 13.4. The van der Waals surface area contributed by atoms with Gasteiger partial charge in [0.15, 0.2) is 5.78 Å². The van der Waals surface area contributed by atoms with Gasteiger partial charge in [0.25, 0.3) is 5.92 Å². The Morgan fingerprint density at radius 2 is 1.82 bits per heavy atom. The summed E-state index contributed by atoms with van der Waals surface area (Å²) in [6.07, 6.45) is 9.63. The predicted molar refractivity (Wildman–Crippen MR) is 81.6 cm³/mol. The molecule has 0 radical (unpaired) electrons. The van der Waals surface area contributed by atoms with Crippen molar-refractivity contribution in [2.45, 2.75) is 58.3 Å². The average Bonchev–Trinajstić information content (AvgIpc) is 2.70. The summed E-state index contributed by atoms with van der Waals surface area (Å²) in [4.78, 5) is 11.7. The molecule has 3 heteroatoms.